The molecule has 0 aliphatic carbocycles. The first kappa shape index (κ1) is 34.7. The van der Waals surface area contributed by atoms with Crippen LogP contribution in [0.2, 0.25) is 33.2 Å². The molecule has 0 amide bonds. The molecule has 0 spiro atoms. The average Bonchev–Trinajstić information content (AvgIpc) is 2.94. The van der Waals surface area contributed by atoms with Gasteiger partial charge in [0.2, 0.25) is 0 Å². The van der Waals surface area contributed by atoms with Crippen molar-refractivity contribution in [3.05, 3.63) is 82.1 Å². The van der Waals surface area contributed by atoms with Crippen molar-refractivity contribution in [2.24, 2.45) is 9.98 Å². The minimum Gasteiger partial charge on any atom is -0.235 e. The maximum atomic E-state index is 5.58. The SMILES string of the molecule is CC(C)[Si](c1ccccc1N=c1sc2ccccc2sc1=Nc1ccccc1[Si](C(C)C)(C(C)C)C(C)C)(C(C)C)C(C)C. The summed E-state index contributed by atoms with van der Waals surface area (Å²) in [6.45, 7) is 29.3. The van der Waals surface area contributed by atoms with Gasteiger partial charge < -0.3 is 0 Å². The lowest BCUT2D eigenvalue weighted by Gasteiger charge is -2.44. The molecule has 0 radical (unpaired) electrons. The molecule has 0 atom stereocenters. The van der Waals surface area contributed by atoms with Crippen LogP contribution in [0.5, 0.6) is 0 Å². The van der Waals surface area contributed by atoms with Gasteiger partial charge in [-0.1, -0.05) is 132 Å². The first-order chi connectivity index (χ1) is 20.8. The molecule has 0 saturated heterocycles. The Labute approximate surface area is 277 Å². The molecular formula is C38H54N2S2Si2. The van der Waals surface area contributed by atoms with Gasteiger partial charge in [-0.15, -0.1) is 22.7 Å². The highest BCUT2D eigenvalue weighted by molar-refractivity contribution is 7.25. The Kier molecular flexibility index (Phi) is 11.1. The maximum Gasteiger partial charge on any atom is 0.153 e. The van der Waals surface area contributed by atoms with Crippen LogP contribution in [0.4, 0.5) is 11.4 Å². The third-order valence-electron chi connectivity index (χ3n) is 10.4. The number of rotatable bonds is 10. The highest BCUT2D eigenvalue weighted by Gasteiger charge is 2.46. The molecule has 3 aromatic carbocycles. The number of hydrogen-bond donors (Lipinski definition) is 0. The van der Waals surface area contributed by atoms with Crippen LogP contribution in [0.15, 0.2) is 82.8 Å². The van der Waals surface area contributed by atoms with Crippen LogP contribution in [-0.4, -0.2) is 16.1 Å². The summed E-state index contributed by atoms with van der Waals surface area (Å²) >= 11 is 3.56. The van der Waals surface area contributed by atoms with Gasteiger partial charge in [0.05, 0.1) is 27.5 Å². The van der Waals surface area contributed by atoms with Crippen molar-refractivity contribution in [3.8, 4) is 0 Å². The second-order valence-electron chi connectivity index (χ2n) is 14.3. The summed E-state index contributed by atoms with van der Waals surface area (Å²) in [7, 11) is -3.86. The van der Waals surface area contributed by atoms with Crippen LogP contribution >= 0.6 is 22.7 Å². The summed E-state index contributed by atoms with van der Waals surface area (Å²) in [5.74, 6) is 0. The van der Waals surface area contributed by atoms with E-state index < -0.39 is 16.1 Å². The van der Waals surface area contributed by atoms with Crippen LogP contribution in [0, 0.1) is 0 Å². The van der Waals surface area contributed by atoms with Crippen LogP contribution < -0.4 is 19.7 Å². The molecule has 0 saturated carbocycles. The Morgan fingerprint density at radius 2 is 0.682 bits per heavy atom. The summed E-state index contributed by atoms with van der Waals surface area (Å²) in [6.07, 6.45) is 0. The molecule has 4 rings (SSSR count). The van der Waals surface area contributed by atoms with E-state index in [1.165, 1.54) is 19.8 Å². The highest BCUT2D eigenvalue weighted by atomic mass is 32.1. The summed E-state index contributed by atoms with van der Waals surface area (Å²) in [4.78, 5) is 11.2. The number of benzene rings is 3. The molecule has 1 aromatic heterocycles. The molecular weight excluding hydrogens is 605 g/mol. The number of hydrogen-bond acceptors (Lipinski definition) is 4. The molecule has 2 nitrogen and oxygen atoms in total. The minimum atomic E-state index is -1.93. The molecule has 44 heavy (non-hydrogen) atoms. The van der Waals surface area contributed by atoms with E-state index >= 15 is 0 Å². The van der Waals surface area contributed by atoms with E-state index in [4.69, 9.17) is 9.98 Å². The first-order valence-electron chi connectivity index (χ1n) is 16.6. The van der Waals surface area contributed by atoms with Gasteiger partial charge in [-0.3, -0.25) is 0 Å². The zero-order valence-electron chi connectivity index (χ0n) is 29.1. The Hall–Kier alpha value is -2.13. The van der Waals surface area contributed by atoms with Gasteiger partial charge >= 0.3 is 0 Å². The lowest BCUT2D eigenvalue weighted by Crippen LogP contribution is -2.55. The topological polar surface area (TPSA) is 24.7 Å². The molecule has 0 aliphatic heterocycles. The number of nitrogens with zero attached hydrogens (tertiary/aromatic N) is 2. The molecule has 0 N–H and O–H groups in total. The Bertz CT molecular complexity index is 1540. The molecule has 0 aliphatic rings. The van der Waals surface area contributed by atoms with Crippen LogP contribution in [0.25, 0.3) is 9.40 Å². The predicted molar refractivity (Wildman–Crippen MR) is 204 cm³/mol. The summed E-state index contributed by atoms with van der Waals surface area (Å²) < 4.78 is 4.55. The van der Waals surface area contributed by atoms with Crippen molar-refractivity contribution in [3.63, 3.8) is 0 Å². The van der Waals surface area contributed by atoms with E-state index in [0.29, 0.717) is 33.2 Å². The normalized spacial score (nSPS) is 14.0. The summed E-state index contributed by atoms with van der Waals surface area (Å²) in [5, 5.41) is 2.98. The van der Waals surface area contributed by atoms with Gasteiger partial charge in [0.1, 0.15) is 0 Å². The standard InChI is InChI=1S/C38H54N2S2Si2/c1-25(2)43(26(3)4,27(5)6)35-23-17-13-19-31(35)39-37-38(42-34-22-16-15-21-33(34)41-37)40-32-20-14-18-24-36(32)44(28(7)8,29(9)10)30(11)12/h13-30H,1-12H3. The fourth-order valence-corrected chi connectivity index (χ4v) is 24.8. The van der Waals surface area contributed by atoms with E-state index in [2.05, 4.69) is 156 Å². The second kappa shape index (κ2) is 14.1. The van der Waals surface area contributed by atoms with Gasteiger partial charge in [0.15, 0.2) is 9.34 Å². The number of fused-ring (bicyclic) bond motifs is 1. The van der Waals surface area contributed by atoms with Gasteiger partial charge in [-0.25, -0.2) is 9.98 Å². The molecule has 6 heteroatoms. The third-order valence-corrected chi connectivity index (χ3v) is 26.9. The molecule has 4 aromatic rings. The van der Waals surface area contributed by atoms with Gasteiger partial charge in [0.25, 0.3) is 0 Å². The lowest BCUT2D eigenvalue weighted by atomic mass is 10.3. The zero-order valence-corrected chi connectivity index (χ0v) is 32.7. The van der Waals surface area contributed by atoms with Crippen molar-refractivity contribution in [2.45, 2.75) is 116 Å². The summed E-state index contributed by atoms with van der Waals surface area (Å²) in [6, 6.07) is 26.8. The van der Waals surface area contributed by atoms with Crippen molar-refractivity contribution in [1.82, 2.24) is 0 Å². The van der Waals surface area contributed by atoms with Crippen molar-refractivity contribution in [2.75, 3.05) is 0 Å². The third kappa shape index (κ3) is 6.16. The molecule has 236 valence electrons. The van der Waals surface area contributed by atoms with E-state index in [9.17, 15) is 0 Å². The fourth-order valence-electron chi connectivity index (χ4n) is 9.02. The summed E-state index contributed by atoms with van der Waals surface area (Å²) in [5.41, 5.74) is 5.93. The predicted octanol–water partition coefficient (Wildman–Crippen LogP) is 11.2. The smallest absolute Gasteiger partial charge is 0.153 e. The lowest BCUT2D eigenvalue weighted by molar-refractivity contribution is 0.834. The molecule has 0 fully saturated rings. The van der Waals surface area contributed by atoms with Gasteiger partial charge in [-0.2, -0.15) is 0 Å². The highest BCUT2D eigenvalue weighted by Crippen LogP contribution is 2.44. The van der Waals surface area contributed by atoms with E-state index in [-0.39, 0.29) is 0 Å². The first-order valence-corrected chi connectivity index (χ1v) is 22.7. The van der Waals surface area contributed by atoms with Gasteiger partial charge in [0, 0.05) is 9.40 Å². The van der Waals surface area contributed by atoms with Crippen LogP contribution in [0.3, 0.4) is 0 Å². The van der Waals surface area contributed by atoms with E-state index in [1.54, 1.807) is 22.7 Å². The second-order valence-corrected chi connectivity index (χ2v) is 28.1. The average molecular weight is 659 g/mol. The quantitative estimate of drug-likeness (QED) is 0.152. The maximum absolute atomic E-state index is 5.58. The van der Waals surface area contributed by atoms with E-state index in [0.717, 1.165) is 20.7 Å². The Morgan fingerprint density at radius 1 is 0.409 bits per heavy atom. The molecule has 0 unspecified atom stereocenters. The van der Waals surface area contributed by atoms with E-state index in [1.807, 2.05) is 0 Å². The Balaban J connectivity index is 2.12. The van der Waals surface area contributed by atoms with Crippen LogP contribution in [-0.2, 0) is 0 Å². The fraction of sp³-hybridized carbons (Fsp3) is 0.474. The van der Waals surface area contributed by atoms with Crippen LogP contribution in [0.1, 0.15) is 83.1 Å². The zero-order chi connectivity index (χ0) is 32.4. The minimum absolute atomic E-state index is 0.610. The number of para-hydroxylation sites is 2. The largest absolute Gasteiger partial charge is 0.235 e. The molecule has 0 bridgehead atoms. The van der Waals surface area contributed by atoms with Crippen molar-refractivity contribution >= 4 is 70.0 Å². The Morgan fingerprint density at radius 3 is 0.977 bits per heavy atom. The van der Waals surface area contributed by atoms with Crippen molar-refractivity contribution in [1.29, 1.82) is 0 Å². The monoisotopic (exact) mass is 658 g/mol. The van der Waals surface area contributed by atoms with Crippen molar-refractivity contribution < 1.29 is 0 Å². The molecule has 1 heterocycles. The van der Waals surface area contributed by atoms with Gasteiger partial charge in [-0.05, 0) is 67.9 Å².